The highest BCUT2D eigenvalue weighted by Gasteiger charge is 2.22. The van der Waals surface area contributed by atoms with Crippen molar-refractivity contribution in [1.29, 1.82) is 0 Å². The van der Waals surface area contributed by atoms with Gasteiger partial charge < -0.3 is 5.32 Å². The lowest BCUT2D eigenvalue weighted by molar-refractivity contribution is -0.121. The molecule has 0 bridgehead atoms. The molecule has 0 aliphatic heterocycles. The summed E-state index contributed by atoms with van der Waals surface area (Å²) >= 11 is 1.43. The fourth-order valence-corrected chi connectivity index (χ4v) is 3.70. The molecule has 26 heavy (non-hydrogen) atoms. The van der Waals surface area contributed by atoms with E-state index in [4.69, 9.17) is 0 Å². The highest BCUT2D eigenvalue weighted by Crippen LogP contribution is 2.25. The Morgan fingerprint density at radius 3 is 2.23 bits per heavy atom. The number of rotatable bonds is 5. The Kier molecular flexibility index (Phi) is 4.45. The second-order valence-electron chi connectivity index (χ2n) is 5.91. The van der Waals surface area contributed by atoms with Crippen molar-refractivity contribution in [3.8, 4) is 0 Å². The molecule has 0 radical (unpaired) electrons. The summed E-state index contributed by atoms with van der Waals surface area (Å²) < 4.78 is 1.69. The number of amides is 1. The Balaban J connectivity index is 1.56. The molecule has 6 nitrogen and oxygen atoms in total. The van der Waals surface area contributed by atoms with E-state index in [1.54, 1.807) is 4.52 Å². The molecule has 0 saturated heterocycles. The number of benzene rings is 2. The summed E-state index contributed by atoms with van der Waals surface area (Å²) in [7, 11) is 0. The van der Waals surface area contributed by atoms with Crippen LogP contribution in [0.2, 0.25) is 0 Å². The predicted octanol–water partition coefficient (Wildman–Crippen LogP) is 2.94. The summed E-state index contributed by atoms with van der Waals surface area (Å²) in [6, 6.07) is 19.6. The monoisotopic (exact) mass is 363 g/mol. The van der Waals surface area contributed by atoms with Crippen molar-refractivity contribution in [2.75, 3.05) is 0 Å². The average molecular weight is 363 g/mol. The molecule has 0 aliphatic rings. The van der Waals surface area contributed by atoms with Crippen LogP contribution in [0.3, 0.4) is 0 Å². The van der Waals surface area contributed by atoms with Crippen molar-refractivity contribution >= 4 is 22.2 Å². The van der Waals surface area contributed by atoms with Crippen LogP contribution in [-0.4, -0.2) is 25.7 Å². The predicted molar refractivity (Wildman–Crippen MR) is 100.0 cm³/mol. The number of hydrogen-bond acceptors (Lipinski definition) is 5. The van der Waals surface area contributed by atoms with E-state index < -0.39 is 0 Å². The Hall–Kier alpha value is -3.06. The molecule has 0 spiro atoms. The van der Waals surface area contributed by atoms with Gasteiger partial charge in [-0.3, -0.25) is 4.79 Å². The highest BCUT2D eigenvalue weighted by atomic mass is 32.1. The van der Waals surface area contributed by atoms with Crippen molar-refractivity contribution in [2.45, 2.75) is 19.4 Å². The molecule has 0 fully saturated rings. The number of carbonyl (C=O) groups excluding carboxylic acids is 1. The Bertz CT molecular complexity index is 986. The molecule has 7 heteroatoms. The maximum Gasteiger partial charge on any atom is 0.234 e. The number of fused-ring (bicyclic) bond motifs is 1. The second-order valence-corrected chi connectivity index (χ2v) is 6.95. The SMILES string of the molecule is Cc1nnc2sc(CNC(=O)C(c3ccccc3)c3ccccc3)nn12. The Labute approximate surface area is 154 Å². The molecule has 2 aromatic carbocycles. The van der Waals surface area contributed by atoms with E-state index in [2.05, 4.69) is 20.6 Å². The van der Waals surface area contributed by atoms with E-state index in [0.29, 0.717) is 6.54 Å². The maximum absolute atomic E-state index is 13.0. The fourth-order valence-electron chi connectivity index (χ4n) is 2.88. The molecule has 0 saturated carbocycles. The summed E-state index contributed by atoms with van der Waals surface area (Å²) in [6.45, 7) is 2.21. The molecule has 4 rings (SSSR count). The Morgan fingerprint density at radius 1 is 1.04 bits per heavy atom. The highest BCUT2D eigenvalue weighted by molar-refractivity contribution is 7.16. The molecule has 130 valence electrons. The van der Waals surface area contributed by atoms with Crippen LogP contribution in [0.4, 0.5) is 0 Å². The maximum atomic E-state index is 13.0. The fraction of sp³-hybridized carbons (Fsp3) is 0.158. The molecule has 0 atom stereocenters. The van der Waals surface area contributed by atoms with E-state index in [1.807, 2.05) is 67.6 Å². The molecule has 1 N–H and O–H groups in total. The first kappa shape index (κ1) is 16.4. The van der Waals surface area contributed by atoms with Gasteiger partial charge in [0.15, 0.2) is 5.82 Å². The standard InChI is InChI=1S/C19H17N5OS/c1-13-21-22-19-24(13)23-16(26-19)12-20-18(25)17(14-8-4-2-5-9-14)15-10-6-3-7-11-15/h2-11,17H,12H2,1H3,(H,20,25). The summed E-state index contributed by atoms with van der Waals surface area (Å²) in [5.41, 5.74) is 1.93. The van der Waals surface area contributed by atoms with Gasteiger partial charge in [-0.25, -0.2) is 0 Å². The minimum absolute atomic E-state index is 0.0508. The van der Waals surface area contributed by atoms with Crippen LogP contribution in [0.1, 0.15) is 27.9 Å². The van der Waals surface area contributed by atoms with Gasteiger partial charge in [0.1, 0.15) is 5.01 Å². The van der Waals surface area contributed by atoms with E-state index in [-0.39, 0.29) is 11.8 Å². The van der Waals surface area contributed by atoms with E-state index in [1.165, 1.54) is 11.3 Å². The second kappa shape index (κ2) is 7.05. The van der Waals surface area contributed by atoms with Crippen LogP contribution < -0.4 is 5.32 Å². The first-order valence-electron chi connectivity index (χ1n) is 8.27. The van der Waals surface area contributed by atoms with E-state index >= 15 is 0 Å². The zero-order valence-corrected chi connectivity index (χ0v) is 15.0. The van der Waals surface area contributed by atoms with Crippen LogP contribution in [0, 0.1) is 6.92 Å². The lowest BCUT2D eigenvalue weighted by atomic mass is 9.90. The van der Waals surface area contributed by atoms with Crippen LogP contribution in [0.15, 0.2) is 60.7 Å². The first-order valence-corrected chi connectivity index (χ1v) is 9.09. The molecule has 2 aromatic heterocycles. The first-order chi connectivity index (χ1) is 12.7. The van der Waals surface area contributed by atoms with Crippen molar-refractivity contribution in [3.63, 3.8) is 0 Å². The molecule has 0 aliphatic carbocycles. The normalized spacial score (nSPS) is 11.2. The number of carbonyl (C=O) groups is 1. The third-order valence-corrected chi connectivity index (χ3v) is 5.03. The van der Waals surface area contributed by atoms with Crippen molar-refractivity contribution < 1.29 is 4.79 Å². The van der Waals surface area contributed by atoms with Gasteiger partial charge in [-0.1, -0.05) is 72.0 Å². The van der Waals surface area contributed by atoms with Gasteiger partial charge >= 0.3 is 0 Å². The number of aryl methyl sites for hydroxylation is 1. The van der Waals surface area contributed by atoms with E-state index in [9.17, 15) is 4.79 Å². The third-order valence-electron chi connectivity index (χ3n) is 4.13. The largest absolute Gasteiger partial charge is 0.349 e. The van der Waals surface area contributed by atoms with Gasteiger partial charge in [0, 0.05) is 0 Å². The number of aromatic nitrogens is 4. The van der Waals surface area contributed by atoms with Crippen molar-refractivity contribution in [1.82, 2.24) is 25.1 Å². The number of hydrogen-bond donors (Lipinski definition) is 1. The summed E-state index contributed by atoms with van der Waals surface area (Å²) in [6.07, 6.45) is 0. The minimum atomic E-state index is -0.357. The molecule has 2 heterocycles. The van der Waals surface area contributed by atoms with E-state index in [0.717, 1.165) is 26.9 Å². The summed E-state index contributed by atoms with van der Waals surface area (Å²) in [5.74, 6) is 0.329. The topological polar surface area (TPSA) is 72.2 Å². The number of nitrogens with zero attached hydrogens (tertiary/aromatic N) is 4. The van der Waals surface area contributed by atoms with Crippen molar-refractivity contribution in [3.05, 3.63) is 82.6 Å². The lowest BCUT2D eigenvalue weighted by Crippen LogP contribution is -2.29. The molecular formula is C19H17N5OS. The van der Waals surface area contributed by atoms with Crippen molar-refractivity contribution in [2.24, 2.45) is 0 Å². The quantitative estimate of drug-likeness (QED) is 0.592. The average Bonchev–Trinajstić information content (AvgIpc) is 3.24. The summed E-state index contributed by atoms with van der Waals surface area (Å²) in [5, 5.41) is 16.3. The van der Waals surface area contributed by atoms with Crippen LogP contribution >= 0.6 is 11.3 Å². The van der Waals surface area contributed by atoms with Crippen LogP contribution in [0.5, 0.6) is 0 Å². The minimum Gasteiger partial charge on any atom is -0.349 e. The third kappa shape index (κ3) is 3.21. The van der Waals surface area contributed by atoms with Gasteiger partial charge in [-0.05, 0) is 18.1 Å². The molecule has 1 amide bonds. The molecule has 0 unspecified atom stereocenters. The van der Waals surface area contributed by atoms with Gasteiger partial charge in [0.25, 0.3) is 0 Å². The molecule has 4 aromatic rings. The zero-order valence-electron chi connectivity index (χ0n) is 14.2. The van der Waals surface area contributed by atoms with Crippen LogP contribution in [0.25, 0.3) is 4.96 Å². The van der Waals surface area contributed by atoms with Gasteiger partial charge in [0.2, 0.25) is 10.9 Å². The Morgan fingerprint density at radius 2 is 1.65 bits per heavy atom. The van der Waals surface area contributed by atoms with Crippen LogP contribution in [-0.2, 0) is 11.3 Å². The molecular weight excluding hydrogens is 346 g/mol. The van der Waals surface area contributed by atoms with Gasteiger partial charge in [-0.2, -0.15) is 9.61 Å². The summed E-state index contributed by atoms with van der Waals surface area (Å²) in [4.78, 5) is 13.7. The zero-order chi connectivity index (χ0) is 17.9. The smallest absolute Gasteiger partial charge is 0.234 e. The van der Waals surface area contributed by atoms with Gasteiger partial charge in [0.05, 0.1) is 12.5 Å². The number of nitrogens with one attached hydrogen (secondary N) is 1. The van der Waals surface area contributed by atoms with Gasteiger partial charge in [-0.15, -0.1) is 10.2 Å². The lowest BCUT2D eigenvalue weighted by Gasteiger charge is -2.17.